The van der Waals surface area contributed by atoms with E-state index in [9.17, 15) is 38.9 Å². The summed E-state index contributed by atoms with van der Waals surface area (Å²) >= 11 is 5.86. The molecule has 3 N–H and O–H groups in total. The number of anilines is 3. The Bertz CT molecular complexity index is 2560. The monoisotopic (exact) mass is 813 g/mol. The Morgan fingerprint density at radius 3 is 1.75 bits per heavy atom. The fourth-order valence-corrected chi connectivity index (χ4v) is 6.42. The molecule has 52 heavy (non-hydrogen) atoms. The van der Waals surface area contributed by atoms with Crippen molar-refractivity contribution in [3.05, 3.63) is 77.1 Å². The molecule has 0 unspecified atom stereocenters. The Balaban J connectivity index is 0.00000312. The average molecular weight is 814 g/mol. The topological polar surface area (TPSA) is 298 Å². The van der Waals surface area contributed by atoms with Gasteiger partial charge in [0.1, 0.15) is 36.0 Å². The van der Waals surface area contributed by atoms with Crippen LogP contribution in [-0.2, 0) is 30.4 Å². The zero-order chi connectivity index (χ0) is 35.9. The van der Waals surface area contributed by atoms with Gasteiger partial charge in [0, 0.05) is 10.8 Å². The number of aryl methyl sites for hydroxylation is 2. The molecule has 0 fully saturated rings. The summed E-state index contributed by atoms with van der Waals surface area (Å²) in [7, 11) is -15.1. The smallest absolute Gasteiger partial charge is 0.744 e. The Hall–Kier alpha value is -2.03. The Morgan fingerprint density at radius 1 is 0.654 bits per heavy atom. The number of nitrogen functional groups attached to an aromatic ring is 1. The van der Waals surface area contributed by atoms with Gasteiger partial charge in [0.25, 0.3) is 0 Å². The van der Waals surface area contributed by atoms with E-state index in [4.69, 9.17) is 17.3 Å². The predicted molar refractivity (Wildman–Crippen MR) is 171 cm³/mol. The first kappa shape index (κ1) is 46.1. The number of aromatic nitrogens is 3. The summed E-state index contributed by atoms with van der Waals surface area (Å²) in [5.74, 6) is -0.334. The molecule has 18 nitrogen and oxygen atoms in total. The maximum absolute atomic E-state index is 12.2. The number of nitrogens with two attached hydrogens (primary N) is 1. The van der Waals surface area contributed by atoms with Crippen molar-refractivity contribution in [1.82, 2.24) is 15.0 Å². The van der Waals surface area contributed by atoms with Crippen LogP contribution in [0.5, 0.6) is 0 Å². The molecular weight excluding hydrogens is 795 g/mol. The van der Waals surface area contributed by atoms with Crippen LogP contribution < -0.4 is 99.7 Å². The van der Waals surface area contributed by atoms with Gasteiger partial charge < -0.3 is 24.7 Å². The molecule has 0 saturated heterocycles. The van der Waals surface area contributed by atoms with Crippen LogP contribution >= 0.6 is 11.6 Å². The molecule has 0 radical (unpaired) electrons. The maximum atomic E-state index is 12.2. The van der Waals surface area contributed by atoms with Crippen LogP contribution in [0.25, 0.3) is 10.8 Å². The molecule has 5 rings (SSSR count). The SMILES string of the molecule is Cc1cc(N=Nc2ccc(Nc3nc(N)nc(Cl)n3)c3c(S(=O)(=O)[O-])cccc23)c(C)cc1N=Nc1cc(S(=O)(=O)[O-])ccc1S(=O)(=O)[O-].[Na+].[Na+].[Na+]. The fraction of sp³-hybridized carbons (Fsp3) is 0.0741. The Morgan fingerprint density at radius 2 is 1.21 bits per heavy atom. The van der Waals surface area contributed by atoms with Gasteiger partial charge in [-0.05, 0) is 85.1 Å². The number of fused-ring (bicyclic) bond motifs is 1. The molecule has 1 aromatic heterocycles. The van der Waals surface area contributed by atoms with E-state index in [1.807, 2.05) is 0 Å². The van der Waals surface area contributed by atoms with Gasteiger partial charge in [0.2, 0.25) is 17.2 Å². The standard InChI is InChI=1S/C27H22ClN9O9S3.3Na/c1-13-11-20(36-37-21-12-15(47(38,39)40)6-9-22(21)48(41,42)43)14(2)10-19(13)35-34-17-7-8-18(30-27-32-25(28)31-26(29)33-27)24-16(17)4-3-5-23(24)49(44,45)46;;;/h3-12H,1-2H3,(H,38,39,40)(H,41,42,43)(H,44,45,46)(H3,29,30,31,32,33);;;/q;3*+1/p-3. The molecular formula is C27H19ClN9Na3O9S3. The molecule has 254 valence electrons. The molecule has 0 aliphatic carbocycles. The third-order valence-corrected chi connectivity index (χ3v) is 9.42. The van der Waals surface area contributed by atoms with Gasteiger partial charge in [-0.2, -0.15) is 25.2 Å². The first-order chi connectivity index (χ1) is 22.8. The summed E-state index contributed by atoms with van der Waals surface area (Å²) < 4.78 is 106. The van der Waals surface area contributed by atoms with Gasteiger partial charge in [-0.1, -0.05) is 12.1 Å². The van der Waals surface area contributed by atoms with Crippen molar-refractivity contribution in [1.29, 1.82) is 0 Å². The molecule has 4 aromatic carbocycles. The number of halogens is 1. The van der Waals surface area contributed by atoms with Crippen molar-refractivity contribution < 1.29 is 128 Å². The zero-order valence-corrected chi connectivity index (χ0v) is 37.0. The van der Waals surface area contributed by atoms with Crippen LogP contribution in [0.15, 0.2) is 95.8 Å². The molecule has 0 bridgehead atoms. The largest absolute Gasteiger partial charge is 1.00 e. The second-order valence-electron chi connectivity index (χ2n) is 10.0. The van der Waals surface area contributed by atoms with E-state index < -0.39 is 50.7 Å². The van der Waals surface area contributed by atoms with Crippen molar-refractivity contribution in [2.24, 2.45) is 20.5 Å². The van der Waals surface area contributed by atoms with Gasteiger partial charge in [-0.15, -0.1) is 10.2 Å². The van der Waals surface area contributed by atoms with E-state index in [2.05, 4.69) is 40.7 Å². The van der Waals surface area contributed by atoms with E-state index in [0.29, 0.717) is 35.0 Å². The summed E-state index contributed by atoms with van der Waals surface area (Å²) in [5.41, 5.74) is 6.65. The number of benzene rings is 4. The Labute approximate surface area is 368 Å². The molecule has 0 aliphatic heterocycles. The van der Waals surface area contributed by atoms with Crippen molar-refractivity contribution in [3.63, 3.8) is 0 Å². The maximum Gasteiger partial charge on any atom is 1.00 e. The van der Waals surface area contributed by atoms with Crippen LogP contribution in [0.2, 0.25) is 5.28 Å². The van der Waals surface area contributed by atoms with E-state index in [-0.39, 0.29) is 134 Å². The van der Waals surface area contributed by atoms with E-state index in [1.54, 1.807) is 13.8 Å². The summed E-state index contributed by atoms with van der Waals surface area (Å²) in [6.07, 6.45) is 0. The molecule has 0 amide bonds. The molecule has 0 spiro atoms. The van der Waals surface area contributed by atoms with Crippen molar-refractivity contribution in [3.8, 4) is 0 Å². The Kier molecular flexibility index (Phi) is 16.0. The van der Waals surface area contributed by atoms with Crippen molar-refractivity contribution >= 4 is 93.1 Å². The second kappa shape index (κ2) is 18.1. The number of nitrogens with zero attached hydrogens (tertiary/aromatic N) is 7. The number of hydrogen-bond acceptors (Lipinski definition) is 18. The fourth-order valence-electron chi connectivity index (χ4n) is 4.46. The van der Waals surface area contributed by atoms with Gasteiger partial charge in [-0.25, -0.2) is 25.3 Å². The summed E-state index contributed by atoms with van der Waals surface area (Å²) in [4.78, 5) is 9.21. The van der Waals surface area contributed by atoms with Gasteiger partial charge in [0.15, 0.2) is 0 Å². The second-order valence-corrected chi connectivity index (χ2v) is 14.5. The van der Waals surface area contributed by atoms with E-state index in [1.165, 1.54) is 36.4 Å². The quantitative estimate of drug-likeness (QED) is 0.0819. The number of rotatable bonds is 9. The molecule has 1 heterocycles. The predicted octanol–water partition coefficient (Wildman–Crippen LogP) is -3.82. The minimum absolute atomic E-state index is 0. The number of hydrogen-bond donors (Lipinski definition) is 2. The summed E-state index contributed by atoms with van der Waals surface area (Å²) in [6.45, 7) is 3.22. The molecule has 0 saturated carbocycles. The molecule has 5 aromatic rings. The van der Waals surface area contributed by atoms with Gasteiger partial charge >= 0.3 is 88.7 Å². The van der Waals surface area contributed by atoms with Crippen molar-refractivity contribution in [2.45, 2.75) is 28.5 Å². The third-order valence-electron chi connectivity index (χ3n) is 6.65. The minimum atomic E-state index is -5.11. The normalized spacial score (nSPS) is 12.0. The zero-order valence-electron chi connectivity index (χ0n) is 27.8. The first-order valence-electron chi connectivity index (χ1n) is 13.3. The first-order valence-corrected chi connectivity index (χ1v) is 17.9. The molecule has 0 atom stereocenters. The van der Waals surface area contributed by atoms with Gasteiger partial charge in [0.05, 0.1) is 37.4 Å². The minimum Gasteiger partial charge on any atom is -0.744 e. The van der Waals surface area contributed by atoms with Crippen LogP contribution in [-0.4, -0.2) is 53.9 Å². The number of azo groups is 2. The van der Waals surface area contributed by atoms with Crippen LogP contribution in [0.4, 0.5) is 40.3 Å². The van der Waals surface area contributed by atoms with Gasteiger partial charge in [-0.3, -0.25) is 0 Å². The number of nitrogens with one attached hydrogen (secondary N) is 1. The van der Waals surface area contributed by atoms with Crippen molar-refractivity contribution in [2.75, 3.05) is 11.1 Å². The van der Waals surface area contributed by atoms with E-state index in [0.717, 1.165) is 6.07 Å². The van der Waals surface area contributed by atoms with Crippen LogP contribution in [0.1, 0.15) is 11.1 Å². The molecule has 0 aliphatic rings. The summed E-state index contributed by atoms with van der Waals surface area (Å²) in [5, 5.41) is 19.0. The van der Waals surface area contributed by atoms with E-state index >= 15 is 0 Å². The average Bonchev–Trinajstić information content (AvgIpc) is 2.99. The van der Waals surface area contributed by atoms with Crippen LogP contribution in [0, 0.1) is 13.8 Å². The van der Waals surface area contributed by atoms with Crippen LogP contribution in [0.3, 0.4) is 0 Å². The summed E-state index contributed by atoms with van der Waals surface area (Å²) in [6, 6.07) is 11.9. The molecule has 25 heteroatoms. The third kappa shape index (κ3) is 11.0.